The molecule has 0 heterocycles. The second kappa shape index (κ2) is 8.83. The summed E-state index contributed by atoms with van der Waals surface area (Å²) in [5, 5.41) is 3.06. The summed E-state index contributed by atoms with van der Waals surface area (Å²) in [6, 6.07) is 5.99. The van der Waals surface area contributed by atoms with Crippen LogP contribution in [0.25, 0.3) is 0 Å². The molecule has 103 valence electrons. The van der Waals surface area contributed by atoms with Crippen molar-refractivity contribution < 1.29 is 37.5 Å². The number of amides is 1. The van der Waals surface area contributed by atoms with Gasteiger partial charge in [-0.2, -0.15) is 0 Å². The summed E-state index contributed by atoms with van der Waals surface area (Å²) in [7, 11) is 3.90. The Hall–Kier alpha value is -0.246. The molecule has 1 aromatic rings. The smallest absolute Gasteiger partial charge is 0.241 e. The standard InChI is InChI=1S/C15H24N2O.Y/c1-6-8-13(17(4)5)15(18)16-14-11(2)9-7-10-12(14)3;/h7,9-10,13H,6,8H2,1-5H3,(H,16,18);. The van der Waals surface area contributed by atoms with Gasteiger partial charge in [-0.15, -0.1) is 0 Å². The first-order valence-corrected chi connectivity index (χ1v) is 6.50. The van der Waals surface area contributed by atoms with Crippen LogP contribution in [-0.4, -0.2) is 30.9 Å². The Bertz CT molecular complexity index is 398. The first-order chi connectivity index (χ1) is 8.47. The number of rotatable bonds is 5. The van der Waals surface area contributed by atoms with Gasteiger partial charge in [0.15, 0.2) is 0 Å². The summed E-state index contributed by atoms with van der Waals surface area (Å²) in [5.41, 5.74) is 3.17. The van der Waals surface area contributed by atoms with Crippen LogP contribution >= 0.6 is 0 Å². The van der Waals surface area contributed by atoms with Crippen molar-refractivity contribution in [1.82, 2.24) is 4.90 Å². The van der Waals surface area contributed by atoms with Crippen molar-refractivity contribution in [2.75, 3.05) is 19.4 Å². The van der Waals surface area contributed by atoms with Gasteiger partial charge < -0.3 is 5.32 Å². The average Bonchev–Trinajstić information content (AvgIpc) is 2.30. The molecular weight excluding hydrogens is 313 g/mol. The molecule has 4 heteroatoms. The Morgan fingerprint density at radius 3 is 2.21 bits per heavy atom. The average molecular weight is 337 g/mol. The van der Waals surface area contributed by atoms with E-state index in [0.29, 0.717) is 0 Å². The van der Waals surface area contributed by atoms with Crippen LogP contribution in [0.1, 0.15) is 30.9 Å². The monoisotopic (exact) mass is 337 g/mol. The maximum absolute atomic E-state index is 12.3. The number of likely N-dealkylation sites (N-methyl/N-ethyl adjacent to an activating group) is 1. The molecule has 1 radical (unpaired) electrons. The number of aryl methyl sites for hydroxylation is 2. The van der Waals surface area contributed by atoms with E-state index < -0.39 is 0 Å². The molecule has 0 spiro atoms. The molecule has 1 amide bonds. The third-order valence-corrected chi connectivity index (χ3v) is 3.22. The van der Waals surface area contributed by atoms with E-state index in [1.165, 1.54) is 0 Å². The Morgan fingerprint density at radius 1 is 1.26 bits per heavy atom. The molecule has 19 heavy (non-hydrogen) atoms. The van der Waals surface area contributed by atoms with Gasteiger partial charge in [0.1, 0.15) is 0 Å². The quantitative estimate of drug-likeness (QED) is 0.896. The predicted molar refractivity (Wildman–Crippen MR) is 76.9 cm³/mol. The molecule has 1 atom stereocenters. The van der Waals surface area contributed by atoms with Crippen LogP contribution in [0.4, 0.5) is 5.69 Å². The van der Waals surface area contributed by atoms with Gasteiger partial charge in [-0.05, 0) is 45.5 Å². The van der Waals surface area contributed by atoms with E-state index in [1.807, 2.05) is 51.0 Å². The van der Waals surface area contributed by atoms with Crippen molar-refractivity contribution in [3.63, 3.8) is 0 Å². The number of hydrogen-bond donors (Lipinski definition) is 1. The Balaban J connectivity index is 0.00000324. The minimum atomic E-state index is -0.0611. The number of carbonyl (C=O) groups is 1. The van der Waals surface area contributed by atoms with Crippen molar-refractivity contribution in [2.24, 2.45) is 0 Å². The largest absolute Gasteiger partial charge is 0.324 e. The number of carbonyl (C=O) groups excluding carboxylic acids is 1. The molecule has 0 aliphatic rings. The third-order valence-electron chi connectivity index (χ3n) is 3.22. The van der Waals surface area contributed by atoms with Crippen LogP contribution in [0.15, 0.2) is 18.2 Å². The van der Waals surface area contributed by atoms with Crippen LogP contribution in [0.5, 0.6) is 0 Å². The van der Waals surface area contributed by atoms with Crippen molar-refractivity contribution in [2.45, 2.75) is 39.7 Å². The number of benzene rings is 1. The number of nitrogens with zero attached hydrogens (tertiary/aromatic N) is 1. The maximum atomic E-state index is 12.3. The summed E-state index contributed by atoms with van der Waals surface area (Å²) < 4.78 is 0. The van der Waals surface area contributed by atoms with E-state index in [1.54, 1.807) is 0 Å². The fourth-order valence-corrected chi connectivity index (χ4v) is 2.12. The van der Waals surface area contributed by atoms with Crippen LogP contribution < -0.4 is 5.32 Å². The van der Waals surface area contributed by atoms with Gasteiger partial charge in [-0.1, -0.05) is 31.5 Å². The third kappa shape index (κ3) is 5.33. The van der Waals surface area contributed by atoms with Gasteiger partial charge in [0.05, 0.1) is 6.04 Å². The van der Waals surface area contributed by atoms with Crippen molar-refractivity contribution >= 4 is 11.6 Å². The SMILES string of the molecule is CCCC(C(=O)Nc1c(C)cccc1C)N(C)C.[Y]. The van der Waals surface area contributed by atoms with Crippen molar-refractivity contribution in [1.29, 1.82) is 0 Å². The first kappa shape index (κ1) is 18.8. The second-order valence-electron chi connectivity index (χ2n) is 5.02. The molecule has 0 fully saturated rings. The molecule has 0 saturated carbocycles. The second-order valence-corrected chi connectivity index (χ2v) is 5.02. The number of para-hydroxylation sites is 1. The zero-order chi connectivity index (χ0) is 13.7. The molecule has 1 rings (SSSR count). The summed E-state index contributed by atoms with van der Waals surface area (Å²) in [6.07, 6.45) is 1.88. The van der Waals surface area contributed by atoms with Crippen molar-refractivity contribution in [3.8, 4) is 0 Å². The van der Waals surface area contributed by atoms with Gasteiger partial charge in [-0.3, -0.25) is 9.69 Å². The molecule has 1 unspecified atom stereocenters. The van der Waals surface area contributed by atoms with Gasteiger partial charge in [0.2, 0.25) is 5.91 Å². The Labute approximate surface area is 142 Å². The first-order valence-electron chi connectivity index (χ1n) is 6.50. The van der Waals surface area contributed by atoms with Crippen LogP contribution in [0, 0.1) is 13.8 Å². The summed E-state index contributed by atoms with van der Waals surface area (Å²) in [6.45, 7) is 6.14. The van der Waals surface area contributed by atoms with E-state index in [-0.39, 0.29) is 44.7 Å². The zero-order valence-corrected chi connectivity index (χ0v) is 15.5. The molecular formula is C15H24N2OY. The Kier molecular flexibility index (Phi) is 8.72. The molecule has 0 saturated heterocycles. The molecule has 0 bridgehead atoms. The van der Waals surface area contributed by atoms with Crippen LogP contribution in [-0.2, 0) is 37.5 Å². The van der Waals surface area contributed by atoms with Crippen LogP contribution in [0.2, 0.25) is 0 Å². The zero-order valence-electron chi connectivity index (χ0n) is 12.7. The minimum absolute atomic E-state index is 0. The van der Waals surface area contributed by atoms with E-state index in [9.17, 15) is 4.79 Å². The molecule has 1 N–H and O–H groups in total. The van der Waals surface area contributed by atoms with E-state index in [4.69, 9.17) is 0 Å². The van der Waals surface area contributed by atoms with Gasteiger partial charge in [-0.25, -0.2) is 0 Å². The van der Waals surface area contributed by atoms with Crippen LogP contribution in [0.3, 0.4) is 0 Å². The minimum Gasteiger partial charge on any atom is -0.324 e. The normalized spacial score (nSPS) is 11.9. The molecule has 0 aliphatic heterocycles. The van der Waals surface area contributed by atoms with E-state index in [2.05, 4.69) is 12.2 Å². The van der Waals surface area contributed by atoms with Crippen molar-refractivity contribution in [3.05, 3.63) is 29.3 Å². The fourth-order valence-electron chi connectivity index (χ4n) is 2.12. The maximum Gasteiger partial charge on any atom is 0.241 e. The topological polar surface area (TPSA) is 32.3 Å². The number of nitrogens with one attached hydrogen (secondary N) is 1. The van der Waals surface area contributed by atoms with Gasteiger partial charge >= 0.3 is 0 Å². The molecule has 1 aromatic carbocycles. The number of hydrogen-bond acceptors (Lipinski definition) is 2. The Morgan fingerprint density at radius 2 is 1.79 bits per heavy atom. The predicted octanol–water partition coefficient (Wildman–Crippen LogP) is 2.97. The van der Waals surface area contributed by atoms with Gasteiger partial charge in [0, 0.05) is 38.4 Å². The molecule has 0 aromatic heterocycles. The fraction of sp³-hybridized carbons (Fsp3) is 0.533. The molecule has 0 aliphatic carbocycles. The van der Waals surface area contributed by atoms with E-state index in [0.717, 1.165) is 29.7 Å². The molecule has 3 nitrogen and oxygen atoms in total. The van der Waals surface area contributed by atoms with E-state index >= 15 is 0 Å². The summed E-state index contributed by atoms with van der Waals surface area (Å²) in [4.78, 5) is 14.3. The summed E-state index contributed by atoms with van der Waals surface area (Å²) >= 11 is 0. The van der Waals surface area contributed by atoms with Gasteiger partial charge in [0.25, 0.3) is 0 Å². The summed E-state index contributed by atoms with van der Waals surface area (Å²) in [5.74, 6) is 0.0826. The number of anilines is 1.